The molecule has 1 aromatic heterocycles. The van der Waals surface area contributed by atoms with Crippen molar-refractivity contribution in [1.29, 1.82) is 0 Å². The van der Waals surface area contributed by atoms with Crippen molar-refractivity contribution in [2.45, 2.75) is 6.92 Å². The van der Waals surface area contributed by atoms with E-state index >= 15 is 0 Å². The summed E-state index contributed by atoms with van der Waals surface area (Å²) >= 11 is 0. The zero-order valence-corrected chi connectivity index (χ0v) is 10.4. The summed E-state index contributed by atoms with van der Waals surface area (Å²) in [7, 11) is 0. The number of aromatic hydroxyl groups is 1. The highest BCUT2D eigenvalue weighted by Gasteiger charge is 2.03. The van der Waals surface area contributed by atoms with Gasteiger partial charge in [0, 0.05) is 24.0 Å². The second-order valence-corrected chi connectivity index (χ2v) is 4.17. The van der Waals surface area contributed by atoms with E-state index in [9.17, 15) is 9.90 Å². The van der Waals surface area contributed by atoms with Crippen molar-refractivity contribution >= 4 is 11.5 Å². The number of benzene rings is 1. The molecule has 1 aromatic carbocycles. The van der Waals surface area contributed by atoms with Crippen molar-refractivity contribution in [3.05, 3.63) is 54.4 Å². The molecule has 0 aliphatic carbocycles. The Kier molecular flexibility index (Phi) is 3.61. The molecule has 2 rings (SSSR count). The first-order valence-corrected chi connectivity index (χ1v) is 5.72. The van der Waals surface area contributed by atoms with Crippen LogP contribution in [0.3, 0.4) is 0 Å². The number of pyridine rings is 1. The van der Waals surface area contributed by atoms with Crippen LogP contribution < -0.4 is 0 Å². The van der Waals surface area contributed by atoms with Crippen LogP contribution in [0.1, 0.15) is 12.5 Å². The maximum atomic E-state index is 10.7. The van der Waals surface area contributed by atoms with Crippen molar-refractivity contribution in [2.75, 3.05) is 0 Å². The molecule has 1 heterocycles. The van der Waals surface area contributed by atoms with Gasteiger partial charge >= 0.3 is 5.97 Å². The molecule has 0 atom stereocenters. The predicted octanol–water partition coefficient (Wildman–Crippen LogP) is 2.94. The van der Waals surface area contributed by atoms with Crippen LogP contribution in [-0.2, 0) is 4.79 Å². The summed E-state index contributed by atoms with van der Waals surface area (Å²) in [5.41, 5.74) is 3.18. The summed E-state index contributed by atoms with van der Waals surface area (Å²) in [5.74, 6) is -0.776. The molecule has 0 saturated carbocycles. The molecule has 0 radical (unpaired) electrons. The number of hydrogen-bond donors (Lipinski definition) is 2. The highest BCUT2D eigenvalue weighted by Crippen LogP contribution is 2.24. The number of carboxylic acid groups (broad SMARTS) is 1. The highest BCUT2D eigenvalue weighted by molar-refractivity contribution is 5.89. The lowest BCUT2D eigenvalue weighted by Gasteiger charge is -2.05. The molecule has 0 fully saturated rings. The number of phenols is 1. The van der Waals surface area contributed by atoms with E-state index in [2.05, 4.69) is 4.98 Å². The fourth-order valence-corrected chi connectivity index (χ4v) is 1.74. The number of hydrogen-bond acceptors (Lipinski definition) is 3. The molecule has 0 bridgehead atoms. The minimum atomic E-state index is -0.979. The average molecular weight is 255 g/mol. The zero-order valence-electron chi connectivity index (χ0n) is 10.4. The Hall–Kier alpha value is -2.62. The SMILES string of the molecule is C/C(=C\C(=O)O)c1cncc(-c2ccc(O)cc2)c1. The van der Waals surface area contributed by atoms with Crippen LogP contribution in [0, 0.1) is 0 Å². The topological polar surface area (TPSA) is 70.4 Å². The van der Waals surface area contributed by atoms with Gasteiger partial charge in [0.15, 0.2) is 0 Å². The van der Waals surface area contributed by atoms with E-state index in [0.717, 1.165) is 22.8 Å². The van der Waals surface area contributed by atoms with Gasteiger partial charge < -0.3 is 10.2 Å². The van der Waals surface area contributed by atoms with Gasteiger partial charge in [-0.3, -0.25) is 4.98 Å². The van der Waals surface area contributed by atoms with E-state index in [1.165, 1.54) is 0 Å². The van der Waals surface area contributed by atoms with Gasteiger partial charge in [-0.2, -0.15) is 0 Å². The lowest BCUT2D eigenvalue weighted by molar-refractivity contribution is -0.131. The molecule has 4 nitrogen and oxygen atoms in total. The van der Waals surface area contributed by atoms with Gasteiger partial charge in [0.1, 0.15) is 5.75 Å². The van der Waals surface area contributed by atoms with Gasteiger partial charge in [0.25, 0.3) is 0 Å². The van der Waals surface area contributed by atoms with Gasteiger partial charge in [0.2, 0.25) is 0 Å². The summed E-state index contributed by atoms with van der Waals surface area (Å²) in [6.45, 7) is 1.73. The number of carbonyl (C=O) groups is 1. The molecular weight excluding hydrogens is 242 g/mol. The summed E-state index contributed by atoms with van der Waals surface area (Å²) in [5, 5.41) is 18.0. The third-order valence-electron chi connectivity index (χ3n) is 2.73. The molecule has 2 N–H and O–H groups in total. The van der Waals surface area contributed by atoms with E-state index in [-0.39, 0.29) is 5.75 Å². The van der Waals surface area contributed by atoms with Crippen molar-refractivity contribution in [3.63, 3.8) is 0 Å². The first-order valence-electron chi connectivity index (χ1n) is 5.72. The lowest BCUT2D eigenvalue weighted by atomic mass is 10.0. The van der Waals surface area contributed by atoms with Gasteiger partial charge in [0.05, 0.1) is 0 Å². The first kappa shape index (κ1) is 12.8. The van der Waals surface area contributed by atoms with Crippen LogP contribution in [0.2, 0.25) is 0 Å². The van der Waals surface area contributed by atoms with Crippen LogP contribution in [0.25, 0.3) is 16.7 Å². The minimum absolute atomic E-state index is 0.204. The molecule has 19 heavy (non-hydrogen) atoms. The Morgan fingerprint density at radius 2 is 1.84 bits per heavy atom. The molecule has 0 saturated heterocycles. The van der Waals surface area contributed by atoms with Gasteiger partial charge in [-0.05, 0) is 41.8 Å². The van der Waals surface area contributed by atoms with Crippen molar-refractivity contribution in [1.82, 2.24) is 4.98 Å². The molecule has 2 aromatic rings. The van der Waals surface area contributed by atoms with Gasteiger partial charge in [-0.25, -0.2) is 4.79 Å². The Morgan fingerprint density at radius 3 is 2.47 bits per heavy atom. The fourth-order valence-electron chi connectivity index (χ4n) is 1.74. The number of allylic oxidation sites excluding steroid dienone is 1. The van der Waals surface area contributed by atoms with Crippen LogP contribution >= 0.6 is 0 Å². The van der Waals surface area contributed by atoms with Crippen LogP contribution in [0.15, 0.2) is 48.8 Å². The van der Waals surface area contributed by atoms with Crippen molar-refractivity contribution < 1.29 is 15.0 Å². The number of aromatic nitrogens is 1. The molecule has 0 amide bonds. The van der Waals surface area contributed by atoms with E-state index in [1.807, 2.05) is 6.07 Å². The second-order valence-electron chi connectivity index (χ2n) is 4.17. The molecule has 0 aliphatic heterocycles. The number of phenolic OH excluding ortho intramolecular Hbond substituents is 1. The number of rotatable bonds is 3. The number of carboxylic acids is 1. The monoisotopic (exact) mass is 255 g/mol. The van der Waals surface area contributed by atoms with Crippen molar-refractivity contribution in [3.8, 4) is 16.9 Å². The van der Waals surface area contributed by atoms with Gasteiger partial charge in [-0.15, -0.1) is 0 Å². The Bertz CT molecular complexity index is 630. The summed E-state index contributed by atoms with van der Waals surface area (Å²) < 4.78 is 0. The standard InChI is InChI=1S/C15H13NO3/c1-10(6-15(18)19)12-7-13(9-16-8-12)11-2-4-14(17)5-3-11/h2-9,17H,1H3,(H,18,19)/b10-6+. The molecule has 4 heteroatoms. The van der Waals surface area contributed by atoms with Crippen LogP contribution in [-0.4, -0.2) is 21.2 Å². The minimum Gasteiger partial charge on any atom is -0.508 e. The number of aliphatic carboxylic acids is 1. The zero-order chi connectivity index (χ0) is 13.8. The summed E-state index contributed by atoms with van der Waals surface area (Å²) in [4.78, 5) is 14.8. The molecule has 96 valence electrons. The van der Waals surface area contributed by atoms with Crippen LogP contribution in [0.4, 0.5) is 0 Å². The Balaban J connectivity index is 2.39. The summed E-state index contributed by atoms with van der Waals surface area (Å²) in [6, 6.07) is 8.64. The van der Waals surface area contributed by atoms with E-state index < -0.39 is 5.97 Å². The Labute approximate surface area is 110 Å². The third kappa shape index (κ3) is 3.19. The maximum Gasteiger partial charge on any atom is 0.328 e. The fraction of sp³-hybridized carbons (Fsp3) is 0.0667. The smallest absolute Gasteiger partial charge is 0.328 e. The second kappa shape index (κ2) is 5.35. The highest BCUT2D eigenvalue weighted by atomic mass is 16.4. The van der Waals surface area contributed by atoms with Crippen molar-refractivity contribution in [2.24, 2.45) is 0 Å². The third-order valence-corrected chi connectivity index (χ3v) is 2.73. The Morgan fingerprint density at radius 1 is 1.16 bits per heavy atom. The van der Waals surface area contributed by atoms with Gasteiger partial charge in [-0.1, -0.05) is 12.1 Å². The molecular formula is C15H13NO3. The lowest BCUT2D eigenvalue weighted by Crippen LogP contribution is -1.91. The normalized spacial score (nSPS) is 11.3. The predicted molar refractivity (Wildman–Crippen MR) is 72.6 cm³/mol. The van der Waals surface area contributed by atoms with Crippen LogP contribution in [0.5, 0.6) is 5.75 Å². The quantitative estimate of drug-likeness (QED) is 0.827. The first-order chi connectivity index (χ1) is 9.06. The van der Waals surface area contributed by atoms with E-state index in [1.54, 1.807) is 43.6 Å². The average Bonchev–Trinajstić information content (AvgIpc) is 2.39. The number of nitrogens with zero attached hydrogens (tertiary/aromatic N) is 1. The largest absolute Gasteiger partial charge is 0.508 e. The summed E-state index contributed by atoms with van der Waals surface area (Å²) in [6.07, 6.45) is 4.47. The maximum absolute atomic E-state index is 10.7. The van der Waals surface area contributed by atoms with E-state index in [4.69, 9.17) is 5.11 Å². The molecule has 0 aliphatic rings. The van der Waals surface area contributed by atoms with E-state index in [0.29, 0.717) is 5.57 Å². The molecule has 0 unspecified atom stereocenters. The molecule has 0 spiro atoms.